The molecule has 4 aromatic rings. The Hall–Kier alpha value is -4.07. The first-order chi connectivity index (χ1) is 20.9. The molecule has 0 bridgehead atoms. The molecular weight excluding hydrogens is 550 g/mol. The zero-order chi connectivity index (χ0) is 29.7. The summed E-state index contributed by atoms with van der Waals surface area (Å²) in [5, 5.41) is 11.7. The third-order valence-electron chi connectivity index (χ3n) is 9.38. The van der Waals surface area contributed by atoms with Gasteiger partial charge in [0.15, 0.2) is 5.82 Å². The van der Waals surface area contributed by atoms with Gasteiger partial charge in [-0.25, -0.2) is 8.78 Å². The second-order valence-corrected chi connectivity index (χ2v) is 12.1. The van der Waals surface area contributed by atoms with E-state index in [1.54, 1.807) is 0 Å². The van der Waals surface area contributed by atoms with E-state index in [2.05, 4.69) is 25.7 Å². The van der Waals surface area contributed by atoms with E-state index in [1.807, 2.05) is 0 Å². The topological polar surface area (TPSA) is 101 Å². The Morgan fingerprint density at radius 1 is 1.09 bits per heavy atom. The van der Waals surface area contributed by atoms with Gasteiger partial charge < -0.3 is 20.5 Å². The summed E-state index contributed by atoms with van der Waals surface area (Å²) in [7, 11) is 0. The average molecular weight is 585 g/mol. The Kier molecular flexibility index (Phi) is 7.02. The second-order valence-electron chi connectivity index (χ2n) is 12.1. The highest BCUT2D eigenvalue weighted by Gasteiger charge is 2.45. The zero-order valence-corrected chi connectivity index (χ0v) is 24.0. The molecule has 0 saturated carbocycles. The molecule has 5 heterocycles. The Balaban J connectivity index is 1.39. The summed E-state index contributed by atoms with van der Waals surface area (Å²) in [6.45, 7) is 3.82. The van der Waals surface area contributed by atoms with Gasteiger partial charge in [0, 0.05) is 36.3 Å². The molecule has 3 aliphatic rings. The summed E-state index contributed by atoms with van der Waals surface area (Å²) < 4.78 is 37.8. The molecular formula is C33H34F2N6O2. The third kappa shape index (κ3) is 4.81. The van der Waals surface area contributed by atoms with E-state index in [-0.39, 0.29) is 51.1 Å². The Bertz CT molecular complexity index is 1760. The van der Waals surface area contributed by atoms with Gasteiger partial charge in [0.1, 0.15) is 35.2 Å². The summed E-state index contributed by atoms with van der Waals surface area (Å²) >= 11 is 0. The van der Waals surface area contributed by atoms with Crippen molar-refractivity contribution < 1.29 is 18.6 Å². The van der Waals surface area contributed by atoms with Crippen molar-refractivity contribution in [2.24, 2.45) is 5.73 Å². The molecule has 3 N–H and O–H groups in total. The van der Waals surface area contributed by atoms with Gasteiger partial charge in [0.2, 0.25) is 0 Å². The molecule has 7 rings (SSSR count). The van der Waals surface area contributed by atoms with Crippen molar-refractivity contribution >= 4 is 27.5 Å². The fourth-order valence-corrected chi connectivity index (χ4v) is 7.29. The fourth-order valence-electron chi connectivity index (χ4n) is 7.29. The van der Waals surface area contributed by atoms with Crippen LogP contribution in [0.25, 0.3) is 32.9 Å². The Morgan fingerprint density at radius 2 is 1.91 bits per heavy atom. The van der Waals surface area contributed by atoms with E-state index >= 15 is 4.39 Å². The van der Waals surface area contributed by atoms with E-state index in [0.717, 1.165) is 58.0 Å². The average Bonchev–Trinajstić information content (AvgIpc) is 3.50. The van der Waals surface area contributed by atoms with E-state index in [9.17, 15) is 9.50 Å². The van der Waals surface area contributed by atoms with Crippen LogP contribution in [-0.4, -0.2) is 69.3 Å². The molecule has 3 aliphatic heterocycles. The number of phenolic OH excluding ortho intramolecular Hbond substituents is 1. The van der Waals surface area contributed by atoms with Crippen LogP contribution in [0.4, 0.5) is 14.6 Å². The van der Waals surface area contributed by atoms with Gasteiger partial charge in [0.25, 0.3) is 0 Å². The normalized spacial score (nSPS) is 20.3. The van der Waals surface area contributed by atoms with E-state index in [4.69, 9.17) is 21.9 Å². The van der Waals surface area contributed by atoms with Crippen molar-refractivity contribution in [2.75, 3.05) is 37.7 Å². The largest absolute Gasteiger partial charge is 0.508 e. The molecule has 222 valence electrons. The highest BCUT2D eigenvalue weighted by molar-refractivity contribution is 6.03. The number of rotatable bonds is 5. The van der Waals surface area contributed by atoms with Crippen molar-refractivity contribution in [3.63, 3.8) is 0 Å². The van der Waals surface area contributed by atoms with Crippen molar-refractivity contribution in [3.8, 4) is 35.4 Å². The number of aromatic nitrogens is 3. The van der Waals surface area contributed by atoms with Crippen LogP contribution in [0.1, 0.15) is 50.5 Å². The molecule has 8 nitrogen and oxygen atoms in total. The van der Waals surface area contributed by atoms with Gasteiger partial charge in [-0.1, -0.05) is 18.4 Å². The molecule has 0 radical (unpaired) electrons. The Morgan fingerprint density at radius 3 is 2.70 bits per heavy atom. The van der Waals surface area contributed by atoms with E-state index in [0.29, 0.717) is 36.3 Å². The molecule has 3 saturated heterocycles. The first-order valence-corrected chi connectivity index (χ1v) is 15.0. The molecule has 10 heteroatoms. The number of fused-ring (bicyclic) bond motifs is 3. The number of terminal acetylenes is 1. The number of anilines is 1. The van der Waals surface area contributed by atoms with Gasteiger partial charge in [-0.2, -0.15) is 9.97 Å². The van der Waals surface area contributed by atoms with Crippen molar-refractivity contribution in [3.05, 3.63) is 47.7 Å². The summed E-state index contributed by atoms with van der Waals surface area (Å²) in [5.74, 6) is 1.44. The predicted molar refractivity (Wildman–Crippen MR) is 162 cm³/mol. The second kappa shape index (κ2) is 10.9. The number of benzene rings is 2. The molecule has 0 amide bonds. The summed E-state index contributed by atoms with van der Waals surface area (Å²) in [6.07, 6.45) is 14.4. The van der Waals surface area contributed by atoms with Gasteiger partial charge in [-0.15, -0.1) is 6.42 Å². The van der Waals surface area contributed by atoms with Gasteiger partial charge >= 0.3 is 6.01 Å². The number of phenols is 1. The maximum atomic E-state index is 16.7. The molecule has 0 spiro atoms. The van der Waals surface area contributed by atoms with E-state index in [1.165, 1.54) is 30.5 Å². The maximum Gasteiger partial charge on any atom is 0.319 e. The lowest BCUT2D eigenvalue weighted by atomic mass is 9.95. The lowest BCUT2D eigenvalue weighted by Crippen LogP contribution is -2.43. The van der Waals surface area contributed by atoms with Gasteiger partial charge in [-0.3, -0.25) is 9.88 Å². The lowest BCUT2D eigenvalue weighted by molar-refractivity contribution is 0.108. The van der Waals surface area contributed by atoms with Crippen molar-refractivity contribution in [2.45, 2.75) is 56.5 Å². The molecule has 43 heavy (non-hydrogen) atoms. The molecule has 0 unspecified atom stereocenters. The number of ether oxygens (including phenoxy) is 1. The number of nitrogens with zero attached hydrogens (tertiary/aromatic N) is 5. The fraction of sp³-hybridized carbons (Fsp3) is 0.424. The van der Waals surface area contributed by atoms with Crippen LogP contribution >= 0.6 is 0 Å². The zero-order valence-electron chi connectivity index (χ0n) is 24.0. The molecule has 0 aliphatic carbocycles. The SMILES string of the molecule is C#Cc1c(F)ccc2cc(O)cc(-c3ncc4c(N5CCCC[C@@H](N)C5)nc(OCC56CCCN5CCC6)nc4c3F)c12. The van der Waals surface area contributed by atoms with Gasteiger partial charge in [0.05, 0.1) is 16.5 Å². The molecule has 3 fully saturated rings. The predicted octanol–water partition coefficient (Wildman–Crippen LogP) is 5.13. The standard InChI is InChI=1S/C33H34F2N6O2/c1-2-23-26(34)9-8-20-15-22(42)16-24(27(20)23)29-28(35)30-25(17-37-29)31(40-12-4-3-7-21(36)18-40)39-32(38-30)43-19-33-10-5-13-41(33)14-6-11-33/h1,8-9,15-17,21,42H,3-7,10-14,18-19,36H2/t21-/m1/s1. The van der Waals surface area contributed by atoms with Gasteiger partial charge in [-0.05, 0) is 75.2 Å². The quantitative estimate of drug-likeness (QED) is 0.311. The molecule has 2 aromatic carbocycles. The van der Waals surface area contributed by atoms with Crippen LogP contribution in [0.3, 0.4) is 0 Å². The number of halogens is 2. The number of hydrogen-bond donors (Lipinski definition) is 2. The highest BCUT2D eigenvalue weighted by atomic mass is 19.1. The highest BCUT2D eigenvalue weighted by Crippen LogP contribution is 2.41. The van der Waals surface area contributed by atoms with Crippen LogP contribution < -0.4 is 15.4 Å². The summed E-state index contributed by atoms with van der Waals surface area (Å²) in [5.41, 5.74) is 6.43. The minimum absolute atomic E-state index is 0.0308. The smallest absolute Gasteiger partial charge is 0.319 e. The Labute approximate surface area is 248 Å². The summed E-state index contributed by atoms with van der Waals surface area (Å²) in [4.78, 5) is 18.5. The van der Waals surface area contributed by atoms with Crippen LogP contribution in [0.15, 0.2) is 30.5 Å². The van der Waals surface area contributed by atoms with Crippen molar-refractivity contribution in [1.29, 1.82) is 0 Å². The minimum atomic E-state index is -0.731. The molecule has 2 aromatic heterocycles. The van der Waals surface area contributed by atoms with Crippen LogP contribution in [0, 0.1) is 24.0 Å². The van der Waals surface area contributed by atoms with Crippen molar-refractivity contribution in [1.82, 2.24) is 19.9 Å². The lowest BCUT2D eigenvalue weighted by Gasteiger charge is -2.31. The minimum Gasteiger partial charge on any atom is -0.508 e. The monoisotopic (exact) mass is 584 g/mol. The number of aromatic hydroxyl groups is 1. The van der Waals surface area contributed by atoms with Crippen LogP contribution in [0.5, 0.6) is 11.8 Å². The maximum absolute atomic E-state index is 16.7. The first-order valence-electron chi connectivity index (χ1n) is 15.0. The van der Waals surface area contributed by atoms with Crippen LogP contribution in [-0.2, 0) is 0 Å². The van der Waals surface area contributed by atoms with E-state index < -0.39 is 11.6 Å². The number of nitrogens with two attached hydrogens (primary N) is 1. The number of hydrogen-bond acceptors (Lipinski definition) is 8. The molecule has 1 atom stereocenters. The summed E-state index contributed by atoms with van der Waals surface area (Å²) in [6, 6.07) is 5.59. The third-order valence-corrected chi connectivity index (χ3v) is 9.38. The van der Waals surface area contributed by atoms with Crippen LogP contribution in [0.2, 0.25) is 0 Å². The first kappa shape index (κ1) is 27.7. The number of pyridine rings is 1.